The van der Waals surface area contributed by atoms with Crippen molar-refractivity contribution >= 4 is 29.0 Å². The molecule has 0 aliphatic carbocycles. The number of hydrogen-bond acceptors (Lipinski definition) is 6. The van der Waals surface area contributed by atoms with Gasteiger partial charge in [0, 0.05) is 24.4 Å². The lowest BCUT2D eigenvalue weighted by Crippen LogP contribution is -2.15. The minimum Gasteiger partial charge on any atom is -0.325 e. The summed E-state index contributed by atoms with van der Waals surface area (Å²) in [5, 5.41) is 21.8. The zero-order chi connectivity index (χ0) is 16.1. The molecule has 0 saturated heterocycles. The van der Waals surface area contributed by atoms with E-state index in [2.05, 4.69) is 15.5 Å². The summed E-state index contributed by atoms with van der Waals surface area (Å²) in [7, 11) is 0. The minimum absolute atomic E-state index is 0.000853. The zero-order valence-electron chi connectivity index (χ0n) is 12.1. The fraction of sp³-hybridized carbons (Fsp3) is 0.308. The monoisotopic (exact) mass is 321 g/mol. The molecule has 1 N–H and O–H groups in total. The predicted octanol–water partition coefficient (Wildman–Crippen LogP) is 2.25. The third-order valence-electron chi connectivity index (χ3n) is 2.95. The molecule has 0 saturated carbocycles. The third kappa shape index (κ3) is 3.82. The number of thioether (sulfide) groups is 1. The van der Waals surface area contributed by atoms with Crippen LogP contribution in [0.2, 0.25) is 0 Å². The summed E-state index contributed by atoms with van der Waals surface area (Å²) in [6.45, 7) is 4.41. The van der Waals surface area contributed by atoms with Gasteiger partial charge in [-0.15, -0.1) is 10.2 Å². The van der Waals surface area contributed by atoms with Gasteiger partial charge in [-0.2, -0.15) is 0 Å². The van der Waals surface area contributed by atoms with Gasteiger partial charge in [0.15, 0.2) is 5.16 Å². The van der Waals surface area contributed by atoms with E-state index in [1.807, 2.05) is 11.5 Å². The number of aryl methyl sites for hydroxylation is 2. The number of carbonyl (C=O) groups is 1. The first-order valence-corrected chi connectivity index (χ1v) is 7.55. The van der Waals surface area contributed by atoms with Crippen molar-refractivity contribution in [3.8, 4) is 0 Å². The normalized spacial score (nSPS) is 10.5. The lowest BCUT2D eigenvalue weighted by molar-refractivity contribution is -0.384. The van der Waals surface area contributed by atoms with Gasteiger partial charge in [0.05, 0.1) is 10.7 Å². The molecule has 2 aromatic rings. The van der Waals surface area contributed by atoms with E-state index >= 15 is 0 Å². The molecule has 9 heteroatoms. The third-order valence-corrected chi connectivity index (χ3v) is 3.93. The summed E-state index contributed by atoms with van der Waals surface area (Å²) in [6.07, 6.45) is 1.61. The molecule has 0 spiro atoms. The van der Waals surface area contributed by atoms with Crippen molar-refractivity contribution in [1.82, 2.24) is 14.8 Å². The second kappa shape index (κ2) is 7.03. The number of hydrogen-bond donors (Lipinski definition) is 1. The fourth-order valence-corrected chi connectivity index (χ4v) is 2.57. The molecule has 0 fully saturated rings. The average molecular weight is 321 g/mol. The largest absolute Gasteiger partial charge is 0.325 e. The first-order valence-electron chi connectivity index (χ1n) is 6.56. The van der Waals surface area contributed by atoms with Crippen LogP contribution in [0.1, 0.15) is 12.5 Å². The van der Waals surface area contributed by atoms with E-state index in [1.165, 1.54) is 30.0 Å². The number of nitrogens with one attached hydrogen (secondary N) is 1. The second-order valence-electron chi connectivity index (χ2n) is 4.49. The molecule has 8 nitrogen and oxygen atoms in total. The highest BCUT2D eigenvalue weighted by atomic mass is 32.2. The molecule has 1 amide bonds. The van der Waals surface area contributed by atoms with Crippen LogP contribution in [0.4, 0.5) is 11.4 Å². The Balaban J connectivity index is 1.96. The standard InChI is InChI=1S/C13H15N5O3S/c1-3-17-8-14-16-13(17)22-7-12(19)15-11-5-4-10(18(20)21)6-9(11)2/h4-6,8H,3,7H2,1-2H3,(H,15,19). The Morgan fingerprint density at radius 3 is 2.91 bits per heavy atom. The van der Waals surface area contributed by atoms with Gasteiger partial charge in [0.2, 0.25) is 5.91 Å². The predicted molar refractivity (Wildman–Crippen MR) is 82.9 cm³/mol. The molecule has 0 unspecified atom stereocenters. The van der Waals surface area contributed by atoms with Crippen molar-refractivity contribution in [2.45, 2.75) is 25.5 Å². The summed E-state index contributed by atoms with van der Waals surface area (Å²) in [6, 6.07) is 4.32. The van der Waals surface area contributed by atoms with Crippen molar-refractivity contribution in [2.24, 2.45) is 0 Å². The van der Waals surface area contributed by atoms with Crippen LogP contribution in [0.3, 0.4) is 0 Å². The molecule has 22 heavy (non-hydrogen) atoms. The Kier molecular flexibility index (Phi) is 5.10. The smallest absolute Gasteiger partial charge is 0.269 e. The van der Waals surface area contributed by atoms with Crippen LogP contribution in [0.25, 0.3) is 0 Å². The molecule has 1 heterocycles. The fourth-order valence-electron chi connectivity index (χ4n) is 1.79. The number of non-ortho nitro benzene ring substituents is 1. The van der Waals surface area contributed by atoms with E-state index in [9.17, 15) is 14.9 Å². The maximum absolute atomic E-state index is 12.0. The molecule has 2 rings (SSSR count). The highest BCUT2D eigenvalue weighted by Gasteiger charge is 2.12. The number of nitrogens with zero attached hydrogens (tertiary/aromatic N) is 4. The Morgan fingerprint density at radius 2 is 2.27 bits per heavy atom. The van der Waals surface area contributed by atoms with Crippen molar-refractivity contribution in [1.29, 1.82) is 0 Å². The zero-order valence-corrected chi connectivity index (χ0v) is 13.0. The van der Waals surface area contributed by atoms with Crippen molar-refractivity contribution in [2.75, 3.05) is 11.1 Å². The van der Waals surface area contributed by atoms with E-state index < -0.39 is 4.92 Å². The minimum atomic E-state index is -0.466. The lowest BCUT2D eigenvalue weighted by Gasteiger charge is -2.08. The maximum atomic E-state index is 12.0. The van der Waals surface area contributed by atoms with E-state index in [1.54, 1.807) is 13.3 Å². The van der Waals surface area contributed by atoms with E-state index in [0.29, 0.717) is 16.4 Å². The number of rotatable bonds is 6. The topological polar surface area (TPSA) is 103 Å². The number of anilines is 1. The van der Waals surface area contributed by atoms with Crippen LogP contribution in [0.15, 0.2) is 29.7 Å². The lowest BCUT2D eigenvalue weighted by atomic mass is 10.2. The van der Waals surface area contributed by atoms with Gasteiger partial charge in [-0.25, -0.2) is 0 Å². The van der Waals surface area contributed by atoms with Crippen molar-refractivity contribution < 1.29 is 9.72 Å². The van der Waals surface area contributed by atoms with Crippen LogP contribution in [0, 0.1) is 17.0 Å². The number of aromatic nitrogens is 3. The van der Waals surface area contributed by atoms with Crippen LogP contribution >= 0.6 is 11.8 Å². The number of carbonyl (C=O) groups excluding carboxylic acids is 1. The first kappa shape index (κ1) is 16.0. The average Bonchev–Trinajstić information content (AvgIpc) is 2.94. The molecule has 0 atom stereocenters. The first-order chi connectivity index (χ1) is 10.5. The molecule has 1 aromatic heterocycles. The number of nitro groups is 1. The van der Waals surface area contributed by atoms with E-state index in [4.69, 9.17) is 0 Å². The Bertz CT molecular complexity index is 701. The second-order valence-corrected chi connectivity index (χ2v) is 5.44. The SMILES string of the molecule is CCn1cnnc1SCC(=O)Nc1ccc([N+](=O)[O-])cc1C. The van der Waals surface area contributed by atoms with Crippen LogP contribution in [-0.4, -0.2) is 31.3 Å². The highest BCUT2D eigenvalue weighted by molar-refractivity contribution is 7.99. The van der Waals surface area contributed by atoms with E-state index in [0.717, 1.165) is 6.54 Å². The molecular weight excluding hydrogens is 306 g/mol. The van der Waals surface area contributed by atoms with E-state index in [-0.39, 0.29) is 17.3 Å². The molecule has 0 radical (unpaired) electrons. The van der Waals surface area contributed by atoms with Gasteiger partial charge in [-0.3, -0.25) is 14.9 Å². The van der Waals surface area contributed by atoms with Gasteiger partial charge in [0.1, 0.15) is 6.33 Å². The molecular formula is C13H15N5O3S. The summed E-state index contributed by atoms with van der Waals surface area (Å²) < 4.78 is 1.84. The van der Waals surface area contributed by atoms with Crippen LogP contribution < -0.4 is 5.32 Å². The summed E-state index contributed by atoms with van der Waals surface area (Å²) in [4.78, 5) is 22.2. The highest BCUT2D eigenvalue weighted by Crippen LogP contribution is 2.22. The molecule has 0 aliphatic rings. The number of benzene rings is 1. The number of nitro benzene ring substituents is 1. The molecule has 1 aromatic carbocycles. The van der Waals surface area contributed by atoms with Crippen LogP contribution in [0.5, 0.6) is 0 Å². The van der Waals surface area contributed by atoms with Gasteiger partial charge in [-0.1, -0.05) is 11.8 Å². The Morgan fingerprint density at radius 1 is 1.50 bits per heavy atom. The molecule has 0 bridgehead atoms. The van der Waals surface area contributed by atoms with Gasteiger partial charge < -0.3 is 9.88 Å². The maximum Gasteiger partial charge on any atom is 0.269 e. The van der Waals surface area contributed by atoms with Crippen molar-refractivity contribution in [3.63, 3.8) is 0 Å². The summed E-state index contributed by atoms with van der Waals surface area (Å²) in [5.74, 6) is -0.0117. The molecule has 116 valence electrons. The molecule has 0 aliphatic heterocycles. The van der Waals surface area contributed by atoms with Gasteiger partial charge in [0.25, 0.3) is 5.69 Å². The van der Waals surface area contributed by atoms with Crippen LogP contribution in [-0.2, 0) is 11.3 Å². The summed E-state index contributed by atoms with van der Waals surface area (Å²) >= 11 is 1.29. The summed E-state index contributed by atoms with van der Waals surface area (Å²) in [5.41, 5.74) is 1.21. The Labute approximate surface area is 131 Å². The number of amides is 1. The van der Waals surface area contributed by atoms with Crippen molar-refractivity contribution in [3.05, 3.63) is 40.2 Å². The Hall–Kier alpha value is -2.42. The quantitative estimate of drug-likeness (QED) is 0.497. The van der Waals surface area contributed by atoms with Gasteiger partial charge in [-0.05, 0) is 25.5 Å². The van der Waals surface area contributed by atoms with Gasteiger partial charge >= 0.3 is 0 Å².